The molecular formula is C79H136O17P2. The number of rotatable bonds is 71. The number of hydrogen-bond donors (Lipinski definition) is 3. The number of carbonyl (C=O) groups excluding carboxylic acids is 4. The number of ether oxygens (including phenoxy) is 4. The van der Waals surface area contributed by atoms with Crippen molar-refractivity contribution in [3.63, 3.8) is 0 Å². The van der Waals surface area contributed by atoms with Crippen molar-refractivity contribution >= 4 is 39.5 Å². The van der Waals surface area contributed by atoms with Crippen LogP contribution in [0.4, 0.5) is 0 Å². The quantitative estimate of drug-likeness (QED) is 0.0169. The zero-order chi connectivity index (χ0) is 71.8. The zero-order valence-electron chi connectivity index (χ0n) is 61.4. The molecule has 0 aromatic carbocycles. The molecule has 17 nitrogen and oxygen atoms in total. The van der Waals surface area contributed by atoms with Crippen molar-refractivity contribution in [1.82, 2.24) is 0 Å². The van der Waals surface area contributed by atoms with Crippen LogP contribution in [0.5, 0.6) is 0 Å². The van der Waals surface area contributed by atoms with Crippen molar-refractivity contribution in [2.75, 3.05) is 39.6 Å². The highest BCUT2D eigenvalue weighted by Crippen LogP contribution is 2.45. The summed E-state index contributed by atoms with van der Waals surface area (Å²) in [5, 5.41) is 10.6. The average molecular weight is 1420 g/mol. The van der Waals surface area contributed by atoms with Gasteiger partial charge in [0.25, 0.3) is 0 Å². The van der Waals surface area contributed by atoms with Gasteiger partial charge in [0.15, 0.2) is 12.2 Å². The van der Waals surface area contributed by atoms with E-state index in [1.165, 1.54) is 77.0 Å². The van der Waals surface area contributed by atoms with Crippen molar-refractivity contribution in [2.24, 2.45) is 0 Å². The molecular weight excluding hydrogens is 1280 g/mol. The molecule has 0 saturated heterocycles. The van der Waals surface area contributed by atoms with E-state index in [1.54, 1.807) is 0 Å². The molecule has 0 radical (unpaired) electrons. The standard InChI is InChI=1S/C79H136O17P2/c1-5-9-13-17-21-25-29-31-33-35-36-38-40-42-46-48-52-56-60-64-77(82)90-70-75(96-79(84)66-62-58-54-50-44-28-24-20-16-12-8-4)72-94-98(87,88)92-68-73(80)67-91-97(85,86)93-71-74(95-78(83)65-61-57-53-49-43-27-23-19-15-11-7-3)69-89-76(81)63-59-55-51-47-45-41-39-37-34-32-30-26-22-18-14-10-6-2/h9-10,13-14,21-22,25-26,31-34,36,38-39,41,47,51,73-75,80H,5-8,11-12,15-20,23-24,27-30,35,37,40,42-46,48-50,52-72H2,1-4H3,(H,85,86)(H,87,88)/b13-9-,14-10-,25-21-,26-22-,33-31-,34-32-,38-36-,41-39-,51-47-. The van der Waals surface area contributed by atoms with E-state index in [4.69, 9.17) is 37.0 Å². The Hall–Kier alpha value is -4.28. The van der Waals surface area contributed by atoms with Crippen molar-refractivity contribution < 1.29 is 80.2 Å². The Balaban J connectivity index is 5.32. The summed E-state index contributed by atoms with van der Waals surface area (Å²) in [5.41, 5.74) is 0. The molecule has 5 unspecified atom stereocenters. The molecule has 0 aliphatic heterocycles. The summed E-state index contributed by atoms with van der Waals surface area (Å²) in [6.45, 7) is 4.56. The van der Waals surface area contributed by atoms with Crippen molar-refractivity contribution in [3.05, 3.63) is 109 Å². The first-order chi connectivity index (χ1) is 47.7. The summed E-state index contributed by atoms with van der Waals surface area (Å²) in [6, 6.07) is 0. The summed E-state index contributed by atoms with van der Waals surface area (Å²) in [7, 11) is -9.96. The lowest BCUT2D eigenvalue weighted by molar-refractivity contribution is -0.161. The molecule has 0 aromatic rings. The van der Waals surface area contributed by atoms with Gasteiger partial charge < -0.3 is 33.8 Å². The molecule has 564 valence electrons. The first-order valence-corrected chi connectivity index (χ1v) is 41.1. The minimum atomic E-state index is -4.98. The maximum atomic E-state index is 13.1. The number of carbonyl (C=O) groups is 4. The molecule has 0 saturated carbocycles. The average Bonchev–Trinajstić information content (AvgIpc) is 0.983. The van der Waals surface area contributed by atoms with Crippen molar-refractivity contribution in [2.45, 2.75) is 329 Å². The molecule has 0 fully saturated rings. The maximum Gasteiger partial charge on any atom is 0.472 e. The number of phosphoric acid groups is 2. The highest BCUT2D eigenvalue weighted by Gasteiger charge is 2.30. The van der Waals surface area contributed by atoms with Crippen LogP contribution in [-0.2, 0) is 65.4 Å². The van der Waals surface area contributed by atoms with Gasteiger partial charge in [-0.3, -0.25) is 37.3 Å². The third-order valence-corrected chi connectivity index (χ3v) is 17.7. The van der Waals surface area contributed by atoms with Crippen LogP contribution in [0.1, 0.15) is 310 Å². The van der Waals surface area contributed by atoms with E-state index in [1.807, 2.05) is 12.2 Å². The van der Waals surface area contributed by atoms with Crippen LogP contribution in [0.15, 0.2) is 109 Å². The Morgan fingerprint density at radius 2 is 0.541 bits per heavy atom. The Bertz CT molecular complexity index is 2290. The number of esters is 4. The minimum Gasteiger partial charge on any atom is -0.462 e. The highest BCUT2D eigenvalue weighted by molar-refractivity contribution is 7.47. The third-order valence-electron chi connectivity index (χ3n) is 15.8. The highest BCUT2D eigenvalue weighted by atomic mass is 31.2. The summed E-state index contributed by atoms with van der Waals surface area (Å²) >= 11 is 0. The van der Waals surface area contributed by atoms with Crippen LogP contribution < -0.4 is 0 Å². The van der Waals surface area contributed by atoms with Crippen molar-refractivity contribution in [1.29, 1.82) is 0 Å². The van der Waals surface area contributed by atoms with Crippen LogP contribution >= 0.6 is 15.6 Å². The Kier molecular flexibility index (Phi) is 68.0. The first kappa shape index (κ1) is 93.7. The Labute approximate surface area is 594 Å². The number of aliphatic hydroxyl groups excluding tert-OH is 1. The molecule has 0 bridgehead atoms. The number of unbranched alkanes of at least 4 members (excludes halogenated alkanes) is 27. The van der Waals surface area contributed by atoms with Crippen LogP contribution in [0.2, 0.25) is 0 Å². The number of hydrogen-bond acceptors (Lipinski definition) is 15. The maximum absolute atomic E-state index is 13.1. The molecule has 0 aromatic heterocycles. The van der Waals surface area contributed by atoms with Gasteiger partial charge in [-0.1, -0.05) is 291 Å². The van der Waals surface area contributed by atoms with E-state index < -0.39 is 97.5 Å². The van der Waals surface area contributed by atoms with E-state index in [2.05, 4.69) is 125 Å². The third kappa shape index (κ3) is 70.2. The molecule has 5 atom stereocenters. The van der Waals surface area contributed by atoms with Gasteiger partial charge in [-0.15, -0.1) is 0 Å². The van der Waals surface area contributed by atoms with Crippen molar-refractivity contribution in [3.8, 4) is 0 Å². The number of allylic oxidation sites excluding steroid dienone is 18. The molecule has 0 aliphatic carbocycles. The van der Waals surface area contributed by atoms with E-state index in [9.17, 15) is 43.2 Å². The number of aliphatic hydroxyl groups is 1. The van der Waals surface area contributed by atoms with Gasteiger partial charge in [0.2, 0.25) is 0 Å². The largest absolute Gasteiger partial charge is 0.472 e. The SMILES string of the molecule is CC/C=C\C/C=C\C/C=C\C/C=C\C/C=C\CCCC(=O)OCC(COP(=O)(O)OCC(O)COP(=O)(O)OCC(COC(=O)CCCCCCCC/C=C\C/C=C\C/C=C\C/C=C\CC)OC(=O)CCCCCCCCCCCCC)OC(=O)CCCCCCCCCCCCC. The van der Waals surface area contributed by atoms with Crippen LogP contribution in [0, 0.1) is 0 Å². The van der Waals surface area contributed by atoms with E-state index in [0.29, 0.717) is 32.1 Å². The topological polar surface area (TPSA) is 237 Å². The van der Waals surface area contributed by atoms with Gasteiger partial charge in [-0.2, -0.15) is 0 Å². The minimum absolute atomic E-state index is 0.0843. The summed E-state index contributed by atoms with van der Waals surface area (Å²) in [4.78, 5) is 72.7. The molecule has 0 aliphatic rings. The molecule has 0 heterocycles. The summed E-state index contributed by atoms with van der Waals surface area (Å²) < 4.78 is 68.3. The van der Waals surface area contributed by atoms with E-state index >= 15 is 0 Å². The molecule has 0 spiro atoms. The lowest BCUT2D eigenvalue weighted by Gasteiger charge is -2.21. The fraction of sp³-hybridized carbons (Fsp3) is 0.722. The summed E-state index contributed by atoms with van der Waals surface area (Å²) in [5.74, 6) is -2.25. The molecule has 98 heavy (non-hydrogen) atoms. The van der Waals surface area contributed by atoms with E-state index in [-0.39, 0.29) is 25.7 Å². The Morgan fingerprint density at radius 1 is 0.296 bits per heavy atom. The van der Waals surface area contributed by atoms with Gasteiger partial charge in [-0.05, 0) is 103 Å². The second-order valence-corrected chi connectivity index (χ2v) is 28.1. The fourth-order valence-corrected chi connectivity index (χ4v) is 11.6. The Morgan fingerprint density at radius 3 is 0.857 bits per heavy atom. The lowest BCUT2D eigenvalue weighted by atomic mass is 10.1. The monoisotopic (exact) mass is 1420 g/mol. The van der Waals surface area contributed by atoms with Crippen LogP contribution in [0.3, 0.4) is 0 Å². The predicted octanol–water partition coefficient (Wildman–Crippen LogP) is 21.8. The molecule has 3 N–H and O–H groups in total. The molecule has 19 heteroatoms. The lowest BCUT2D eigenvalue weighted by Crippen LogP contribution is -2.30. The van der Waals surface area contributed by atoms with Gasteiger partial charge in [-0.25, -0.2) is 9.13 Å². The first-order valence-electron chi connectivity index (χ1n) is 38.1. The molecule has 0 amide bonds. The van der Waals surface area contributed by atoms with E-state index in [0.717, 1.165) is 148 Å². The second-order valence-electron chi connectivity index (χ2n) is 25.2. The van der Waals surface area contributed by atoms with Gasteiger partial charge in [0.1, 0.15) is 19.3 Å². The predicted molar refractivity (Wildman–Crippen MR) is 399 cm³/mol. The van der Waals surface area contributed by atoms with Crippen LogP contribution in [-0.4, -0.2) is 96.7 Å². The van der Waals surface area contributed by atoms with Gasteiger partial charge >= 0.3 is 39.5 Å². The summed E-state index contributed by atoms with van der Waals surface area (Å²) in [6.07, 6.45) is 75.2. The fourth-order valence-electron chi connectivity index (χ4n) is 10.0. The smallest absolute Gasteiger partial charge is 0.462 e. The second kappa shape index (κ2) is 71.1. The number of phosphoric ester groups is 2. The zero-order valence-corrected chi connectivity index (χ0v) is 63.2. The van der Waals surface area contributed by atoms with Gasteiger partial charge in [0.05, 0.1) is 26.4 Å². The van der Waals surface area contributed by atoms with Gasteiger partial charge in [0, 0.05) is 25.7 Å². The normalized spacial score (nSPS) is 14.6. The molecule has 0 rings (SSSR count). The van der Waals surface area contributed by atoms with Crippen LogP contribution in [0.25, 0.3) is 0 Å².